The lowest BCUT2D eigenvalue weighted by molar-refractivity contribution is -0.144. The van der Waals surface area contributed by atoms with E-state index in [9.17, 15) is 4.79 Å². The number of rotatable bonds is 13. The summed E-state index contributed by atoms with van der Waals surface area (Å²) in [6.45, 7) is 3.53. The van der Waals surface area contributed by atoms with Gasteiger partial charge in [0.05, 0.1) is 0 Å². The zero-order valence-corrected chi connectivity index (χ0v) is 18.0. The fourth-order valence-corrected chi connectivity index (χ4v) is 3.52. The van der Waals surface area contributed by atoms with Crippen LogP contribution in [0.2, 0.25) is 0 Å². The minimum absolute atomic E-state index is 0.0738. The van der Waals surface area contributed by atoms with Gasteiger partial charge >= 0.3 is 5.97 Å². The van der Waals surface area contributed by atoms with Crippen LogP contribution >= 0.6 is 0 Å². The lowest BCUT2D eigenvalue weighted by atomic mass is 9.93. The van der Waals surface area contributed by atoms with Crippen LogP contribution in [0.1, 0.15) is 84.0 Å². The Morgan fingerprint density at radius 1 is 1.15 bits per heavy atom. The Morgan fingerprint density at radius 3 is 2.78 bits per heavy atom. The zero-order chi connectivity index (χ0) is 19.7. The number of unbranched alkanes of at least 4 members (excludes halogenated alkanes) is 5. The Hall–Kier alpha value is -1.27. The maximum absolute atomic E-state index is 11.6. The predicted octanol–water partition coefficient (Wildman–Crippen LogP) is 5.60. The second-order valence-corrected chi connectivity index (χ2v) is 8.05. The summed E-state index contributed by atoms with van der Waals surface area (Å²) in [6, 6.07) is 0. The molecule has 2 atom stereocenters. The van der Waals surface area contributed by atoms with Gasteiger partial charge in [-0.05, 0) is 58.5 Å². The van der Waals surface area contributed by atoms with Crippen molar-refractivity contribution in [3.63, 3.8) is 0 Å². The molecule has 0 spiro atoms. The summed E-state index contributed by atoms with van der Waals surface area (Å²) in [5.41, 5.74) is 0. The van der Waals surface area contributed by atoms with Crippen molar-refractivity contribution in [3.8, 4) is 11.8 Å². The van der Waals surface area contributed by atoms with E-state index in [2.05, 4.69) is 30.9 Å². The zero-order valence-electron chi connectivity index (χ0n) is 18.0. The lowest BCUT2D eigenvalue weighted by Crippen LogP contribution is -2.20. The van der Waals surface area contributed by atoms with Crippen molar-refractivity contribution in [1.29, 1.82) is 0 Å². The molecule has 0 radical (unpaired) electrons. The Labute approximate surface area is 167 Å². The highest BCUT2D eigenvalue weighted by molar-refractivity contribution is 5.69. The second-order valence-electron chi connectivity index (χ2n) is 8.05. The molecule has 0 amide bonds. The second kappa shape index (κ2) is 15.8. The highest BCUT2D eigenvalue weighted by atomic mass is 16.5. The number of esters is 1. The van der Waals surface area contributed by atoms with Gasteiger partial charge in [0.2, 0.25) is 0 Å². The largest absolute Gasteiger partial charge is 0.464 e. The number of allylic oxidation sites excluding steroid dienone is 2. The third kappa shape index (κ3) is 12.7. The molecule has 3 nitrogen and oxygen atoms in total. The van der Waals surface area contributed by atoms with E-state index in [1.54, 1.807) is 0 Å². The molecular formula is C24H41NO2. The molecular weight excluding hydrogens is 334 g/mol. The average Bonchev–Trinajstić information content (AvgIpc) is 3.08. The van der Waals surface area contributed by atoms with Crippen molar-refractivity contribution in [3.05, 3.63) is 12.2 Å². The van der Waals surface area contributed by atoms with Crippen LogP contribution < -0.4 is 0 Å². The number of carbonyl (C=O) groups excluding carboxylic acids is 1. The molecule has 0 aromatic rings. The van der Waals surface area contributed by atoms with Gasteiger partial charge in [-0.25, -0.2) is 0 Å². The SMILES string of the molecule is CCCCCCC#C[C@H]1CCC[C@@H]1CC=CCCCC(=O)OCCN(C)C. The standard InChI is InChI=1S/C24H41NO2/c1-4-5-6-7-8-11-15-22-17-14-18-23(22)16-12-9-10-13-19-24(26)27-21-20-25(2)3/h9,12,22-23H,4-8,10,13-14,16-21H2,1-3H3/t22-,23-/m0/s1. The highest BCUT2D eigenvalue weighted by Gasteiger charge is 2.24. The Morgan fingerprint density at radius 2 is 2.00 bits per heavy atom. The van der Waals surface area contributed by atoms with Crippen LogP contribution in [-0.4, -0.2) is 38.1 Å². The lowest BCUT2D eigenvalue weighted by Gasteiger charge is -2.11. The molecule has 0 unspecified atom stereocenters. The van der Waals surface area contributed by atoms with Gasteiger partial charge in [-0.15, -0.1) is 5.92 Å². The minimum Gasteiger partial charge on any atom is -0.464 e. The molecule has 0 aromatic carbocycles. The molecule has 0 aliphatic heterocycles. The molecule has 0 bridgehead atoms. The fraction of sp³-hybridized carbons (Fsp3) is 0.792. The van der Waals surface area contributed by atoms with E-state index in [0.717, 1.165) is 38.1 Å². The van der Waals surface area contributed by atoms with Gasteiger partial charge in [-0.2, -0.15) is 0 Å². The number of hydrogen-bond donors (Lipinski definition) is 0. The maximum Gasteiger partial charge on any atom is 0.305 e. The molecule has 0 N–H and O–H groups in total. The van der Waals surface area contributed by atoms with Crippen molar-refractivity contribution >= 4 is 5.97 Å². The van der Waals surface area contributed by atoms with Crippen LogP contribution in [0, 0.1) is 23.7 Å². The average molecular weight is 376 g/mol. The molecule has 1 fully saturated rings. The molecule has 154 valence electrons. The molecule has 1 rings (SSSR count). The summed E-state index contributed by atoms with van der Waals surface area (Å²) < 4.78 is 5.20. The first kappa shape index (κ1) is 23.8. The topological polar surface area (TPSA) is 29.5 Å². The third-order valence-corrected chi connectivity index (χ3v) is 5.26. The van der Waals surface area contributed by atoms with Gasteiger partial charge in [-0.3, -0.25) is 4.79 Å². The summed E-state index contributed by atoms with van der Waals surface area (Å²) in [5.74, 6) is 8.26. The maximum atomic E-state index is 11.6. The summed E-state index contributed by atoms with van der Waals surface area (Å²) in [7, 11) is 3.96. The van der Waals surface area contributed by atoms with Crippen LogP contribution in [0.3, 0.4) is 0 Å². The highest BCUT2D eigenvalue weighted by Crippen LogP contribution is 2.34. The minimum atomic E-state index is -0.0738. The molecule has 3 heteroatoms. The smallest absolute Gasteiger partial charge is 0.305 e. The molecule has 27 heavy (non-hydrogen) atoms. The first-order chi connectivity index (χ1) is 13.1. The van der Waals surface area contributed by atoms with Crippen LogP contribution in [0.25, 0.3) is 0 Å². The Bertz CT molecular complexity index is 473. The number of likely N-dealkylation sites (N-methyl/N-ethyl adjacent to an activating group) is 1. The van der Waals surface area contributed by atoms with Crippen LogP contribution in [-0.2, 0) is 9.53 Å². The van der Waals surface area contributed by atoms with Gasteiger partial charge in [-0.1, -0.05) is 50.7 Å². The van der Waals surface area contributed by atoms with Crippen molar-refractivity contribution in [1.82, 2.24) is 4.90 Å². The molecule has 0 heterocycles. The molecule has 0 aromatic heterocycles. The van der Waals surface area contributed by atoms with E-state index in [0.29, 0.717) is 18.9 Å². The van der Waals surface area contributed by atoms with Crippen LogP contribution in [0.4, 0.5) is 0 Å². The van der Waals surface area contributed by atoms with Gasteiger partial charge in [0, 0.05) is 25.3 Å². The number of carbonyl (C=O) groups is 1. The quantitative estimate of drug-likeness (QED) is 0.182. The van der Waals surface area contributed by atoms with Gasteiger partial charge in [0.15, 0.2) is 0 Å². The van der Waals surface area contributed by atoms with Gasteiger partial charge in [0.25, 0.3) is 0 Å². The van der Waals surface area contributed by atoms with E-state index in [-0.39, 0.29) is 5.97 Å². The van der Waals surface area contributed by atoms with Gasteiger partial charge < -0.3 is 9.64 Å². The van der Waals surface area contributed by atoms with E-state index in [1.807, 2.05) is 19.0 Å². The predicted molar refractivity (Wildman–Crippen MR) is 114 cm³/mol. The number of hydrogen-bond acceptors (Lipinski definition) is 3. The van der Waals surface area contributed by atoms with E-state index in [1.165, 1.54) is 44.9 Å². The van der Waals surface area contributed by atoms with E-state index >= 15 is 0 Å². The summed E-state index contributed by atoms with van der Waals surface area (Å²) >= 11 is 0. The first-order valence-electron chi connectivity index (χ1n) is 11.1. The summed E-state index contributed by atoms with van der Waals surface area (Å²) in [4.78, 5) is 13.6. The molecule has 1 saturated carbocycles. The van der Waals surface area contributed by atoms with Crippen molar-refractivity contribution < 1.29 is 9.53 Å². The Balaban J connectivity index is 2.11. The summed E-state index contributed by atoms with van der Waals surface area (Å²) in [5, 5.41) is 0. The molecule has 1 aliphatic carbocycles. The van der Waals surface area contributed by atoms with Crippen LogP contribution in [0.15, 0.2) is 12.2 Å². The number of ether oxygens (including phenoxy) is 1. The van der Waals surface area contributed by atoms with Crippen molar-refractivity contribution in [2.24, 2.45) is 11.8 Å². The fourth-order valence-electron chi connectivity index (χ4n) is 3.52. The number of nitrogens with zero attached hydrogens (tertiary/aromatic N) is 1. The van der Waals surface area contributed by atoms with E-state index < -0.39 is 0 Å². The van der Waals surface area contributed by atoms with Gasteiger partial charge in [0.1, 0.15) is 6.61 Å². The first-order valence-corrected chi connectivity index (χ1v) is 11.1. The van der Waals surface area contributed by atoms with E-state index in [4.69, 9.17) is 4.74 Å². The van der Waals surface area contributed by atoms with Crippen LogP contribution in [0.5, 0.6) is 0 Å². The van der Waals surface area contributed by atoms with Crippen molar-refractivity contribution in [2.75, 3.05) is 27.2 Å². The summed E-state index contributed by atoms with van der Waals surface area (Å²) in [6.07, 6.45) is 18.3. The molecule has 1 aliphatic rings. The monoisotopic (exact) mass is 375 g/mol. The Kier molecular flexibility index (Phi) is 13.9. The normalized spacial score (nSPS) is 19.4. The van der Waals surface area contributed by atoms with Crippen molar-refractivity contribution in [2.45, 2.75) is 84.0 Å². The third-order valence-electron chi connectivity index (χ3n) is 5.26. The molecule has 0 saturated heterocycles.